The van der Waals surface area contributed by atoms with Gasteiger partial charge in [0.15, 0.2) is 12.4 Å². The quantitative estimate of drug-likeness (QED) is 0.143. The van der Waals surface area contributed by atoms with Crippen molar-refractivity contribution in [1.82, 2.24) is 0 Å². The maximum Gasteiger partial charge on any atom is 0.243 e. The fourth-order valence-corrected chi connectivity index (χ4v) is 4.92. The highest BCUT2D eigenvalue weighted by atomic mass is 15.0. The summed E-state index contributed by atoms with van der Waals surface area (Å²) in [4.78, 5) is 8.98. The molecule has 1 aromatic carbocycles. The number of benzene rings is 1. The van der Waals surface area contributed by atoms with E-state index in [1.807, 2.05) is 12.4 Å². The molecule has 1 aliphatic heterocycles. The van der Waals surface area contributed by atoms with E-state index in [1.165, 1.54) is 108 Å². The minimum absolute atomic E-state index is 0.428. The summed E-state index contributed by atoms with van der Waals surface area (Å²) in [6.45, 7) is 4.61. The SMILES string of the molecule is CCCCCCCCCCCCCCCCCC(Cc1ccccc1)C(C)[C+]1N=CC=N1. The van der Waals surface area contributed by atoms with Gasteiger partial charge < -0.3 is 0 Å². The molecule has 178 valence electrons. The zero-order chi connectivity index (χ0) is 22.7. The van der Waals surface area contributed by atoms with Gasteiger partial charge in [0.05, 0.1) is 5.92 Å². The molecule has 0 N–H and O–H groups in total. The van der Waals surface area contributed by atoms with E-state index >= 15 is 0 Å². The molecule has 32 heavy (non-hydrogen) atoms. The van der Waals surface area contributed by atoms with E-state index in [0.29, 0.717) is 11.8 Å². The Morgan fingerprint density at radius 3 is 1.62 bits per heavy atom. The van der Waals surface area contributed by atoms with Crippen molar-refractivity contribution >= 4 is 12.4 Å². The van der Waals surface area contributed by atoms with Crippen LogP contribution >= 0.6 is 0 Å². The summed E-state index contributed by atoms with van der Waals surface area (Å²) < 4.78 is 0. The third kappa shape index (κ3) is 11.9. The van der Waals surface area contributed by atoms with Crippen LogP contribution in [0.3, 0.4) is 0 Å². The zero-order valence-electron chi connectivity index (χ0n) is 21.1. The average Bonchev–Trinajstić information content (AvgIpc) is 3.36. The van der Waals surface area contributed by atoms with Crippen molar-refractivity contribution < 1.29 is 0 Å². The second-order valence-corrected chi connectivity index (χ2v) is 9.89. The molecule has 1 heterocycles. The molecule has 0 saturated heterocycles. The molecule has 2 atom stereocenters. The summed E-state index contributed by atoms with van der Waals surface area (Å²) >= 11 is 0. The van der Waals surface area contributed by atoms with E-state index in [0.717, 1.165) is 12.6 Å². The van der Waals surface area contributed by atoms with Crippen LogP contribution in [-0.2, 0) is 6.42 Å². The molecule has 0 spiro atoms. The van der Waals surface area contributed by atoms with Crippen LogP contribution in [0, 0.1) is 18.0 Å². The lowest BCUT2D eigenvalue weighted by molar-refractivity contribution is 0.328. The number of aliphatic imine (C=N–C) groups is 2. The van der Waals surface area contributed by atoms with Gasteiger partial charge in [-0.1, -0.05) is 144 Å². The third-order valence-electron chi connectivity index (χ3n) is 7.11. The molecular formula is C30H49N2+. The first-order chi connectivity index (χ1) is 15.8. The van der Waals surface area contributed by atoms with Gasteiger partial charge in [0.2, 0.25) is 6.17 Å². The molecule has 2 unspecified atom stereocenters. The van der Waals surface area contributed by atoms with Crippen LogP contribution < -0.4 is 0 Å². The van der Waals surface area contributed by atoms with E-state index < -0.39 is 0 Å². The maximum absolute atomic E-state index is 4.49. The Morgan fingerprint density at radius 1 is 0.656 bits per heavy atom. The Labute approximate surface area is 199 Å². The average molecular weight is 438 g/mol. The molecule has 0 bridgehead atoms. The first kappa shape index (κ1) is 26.7. The standard InChI is InChI=1S/C30H49N2/c1-3-4-5-6-7-8-9-10-11-12-13-14-15-16-20-23-29(26-28-21-18-17-19-22-28)27(2)30-31-24-25-32-30/h17-19,21-22,24-25,27,29H,3-16,20,23,26H2,1-2H3/q+1. The molecule has 0 saturated carbocycles. The summed E-state index contributed by atoms with van der Waals surface area (Å²) in [5, 5.41) is 0. The van der Waals surface area contributed by atoms with Gasteiger partial charge in [0.1, 0.15) is 0 Å². The van der Waals surface area contributed by atoms with Crippen LogP contribution in [0.5, 0.6) is 0 Å². The highest BCUT2D eigenvalue weighted by molar-refractivity contribution is 6.18. The molecule has 0 aliphatic carbocycles. The van der Waals surface area contributed by atoms with Gasteiger partial charge in [-0.25, -0.2) is 0 Å². The predicted molar refractivity (Wildman–Crippen MR) is 143 cm³/mol. The van der Waals surface area contributed by atoms with Crippen LogP contribution in [0.15, 0.2) is 40.3 Å². The van der Waals surface area contributed by atoms with Gasteiger partial charge in [-0.05, 0) is 31.2 Å². The molecule has 0 fully saturated rings. The van der Waals surface area contributed by atoms with Crippen molar-refractivity contribution in [3.63, 3.8) is 0 Å². The molecule has 1 aliphatic rings. The van der Waals surface area contributed by atoms with Crippen molar-refractivity contribution in [2.24, 2.45) is 21.8 Å². The first-order valence-electron chi connectivity index (χ1n) is 13.8. The van der Waals surface area contributed by atoms with Crippen LogP contribution in [0.4, 0.5) is 0 Å². The Hall–Kier alpha value is -1.57. The molecule has 0 amide bonds. The zero-order valence-corrected chi connectivity index (χ0v) is 21.1. The lowest BCUT2D eigenvalue weighted by Crippen LogP contribution is -2.19. The Bertz CT molecular complexity index is 595. The van der Waals surface area contributed by atoms with Gasteiger partial charge in [-0.3, -0.25) is 0 Å². The molecule has 0 aromatic heterocycles. The van der Waals surface area contributed by atoms with Crippen molar-refractivity contribution in [1.29, 1.82) is 0 Å². The number of nitrogens with zero attached hydrogens (tertiary/aromatic N) is 2. The van der Waals surface area contributed by atoms with Crippen LogP contribution in [-0.4, -0.2) is 12.4 Å². The Balaban J connectivity index is 1.50. The number of rotatable bonds is 20. The van der Waals surface area contributed by atoms with Crippen molar-refractivity contribution in [2.75, 3.05) is 0 Å². The molecular weight excluding hydrogens is 388 g/mol. The summed E-state index contributed by atoms with van der Waals surface area (Å²) in [6.07, 6.45) is 28.5. The Kier molecular flexibility index (Phi) is 14.9. The van der Waals surface area contributed by atoms with Crippen LogP contribution in [0.25, 0.3) is 0 Å². The van der Waals surface area contributed by atoms with E-state index in [2.05, 4.69) is 54.2 Å². The van der Waals surface area contributed by atoms with Gasteiger partial charge >= 0.3 is 0 Å². The molecule has 1 aromatic rings. The third-order valence-corrected chi connectivity index (χ3v) is 7.11. The van der Waals surface area contributed by atoms with E-state index in [9.17, 15) is 0 Å². The van der Waals surface area contributed by atoms with Gasteiger partial charge in [0.25, 0.3) is 0 Å². The molecule has 2 nitrogen and oxygen atoms in total. The van der Waals surface area contributed by atoms with Crippen LogP contribution in [0.2, 0.25) is 0 Å². The topological polar surface area (TPSA) is 24.7 Å². The number of hydrogen-bond donors (Lipinski definition) is 0. The van der Waals surface area contributed by atoms with Gasteiger partial charge in [-0.2, -0.15) is 0 Å². The smallest absolute Gasteiger partial charge is 0.0965 e. The minimum atomic E-state index is 0.428. The predicted octanol–water partition coefficient (Wildman–Crippen LogP) is 9.39. The van der Waals surface area contributed by atoms with Gasteiger partial charge in [0, 0.05) is 0 Å². The lowest BCUT2D eigenvalue weighted by atomic mass is 9.82. The summed E-state index contributed by atoms with van der Waals surface area (Å²) in [5.74, 6) is 1.05. The maximum atomic E-state index is 4.49. The Morgan fingerprint density at radius 2 is 1.12 bits per heavy atom. The fourth-order valence-electron chi connectivity index (χ4n) is 4.92. The van der Waals surface area contributed by atoms with Crippen LogP contribution in [0.1, 0.15) is 122 Å². The van der Waals surface area contributed by atoms with E-state index in [4.69, 9.17) is 0 Å². The summed E-state index contributed by atoms with van der Waals surface area (Å²) in [6, 6.07) is 10.9. The molecule has 2 heteroatoms. The van der Waals surface area contributed by atoms with E-state index in [-0.39, 0.29) is 0 Å². The summed E-state index contributed by atoms with van der Waals surface area (Å²) in [7, 11) is 0. The lowest BCUT2D eigenvalue weighted by Gasteiger charge is -2.22. The number of hydrogen-bond acceptors (Lipinski definition) is 2. The largest absolute Gasteiger partial charge is 0.243 e. The normalized spacial score (nSPS) is 14.9. The van der Waals surface area contributed by atoms with Gasteiger partial charge in [-0.15, -0.1) is 0 Å². The first-order valence-corrected chi connectivity index (χ1v) is 13.8. The number of unbranched alkanes of at least 4 members (excludes halogenated alkanes) is 14. The molecule has 0 radical (unpaired) electrons. The monoisotopic (exact) mass is 437 g/mol. The minimum Gasteiger partial charge on any atom is -0.0965 e. The van der Waals surface area contributed by atoms with Crippen molar-refractivity contribution in [3.8, 4) is 0 Å². The fraction of sp³-hybridized carbons (Fsp3) is 0.700. The highest BCUT2D eigenvalue weighted by Gasteiger charge is 2.31. The highest BCUT2D eigenvalue weighted by Crippen LogP contribution is 2.32. The second-order valence-electron chi connectivity index (χ2n) is 9.89. The molecule has 2 rings (SSSR count). The second kappa shape index (κ2) is 17.9. The van der Waals surface area contributed by atoms with Crippen molar-refractivity contribution in [2.45, 2.75) is 123 Å². The summed E-state index contributed by atoms with van der Waals surface area (Å²) in [5.41, 5.74) is 1.44. The van der Waals surface area contributed by atoms with Crippen molar-refractivity contribution in [3.05, 3.63) is 42.1 Å². The van der Waals surface area contributed by atoms with E-state index in [1.54, 1.807) is 0 Å².